The highest BCUT2D eigenvalue weighted by molar-refractivity contribution is 4.97. The largest absolute Gasteiger partial charge is 0.0891 e. The number of rotatable bonds is 1. The zero-order chi connectivity index (χ0) is 8.36. The SMILES string of the molecule is [C]#CCCC.[c]1ccccc1. The summed E-state index contributed by atoms with van der Waals surface area (Å²) in [5, 5.41) is 0. The molecule has 0 unspecified atom stereocenters. The summed E-state index contributed by atoms with van der Waals surface area (Å²) in [5.41, 5.74) is 0. The van der Waals surface area contributed by atoms with E-state index in [9.17, 15) is 0 Å². The lowest BCUT2D eigenvalue weighted by atomic mass is 10.4. The second-order valence-electron chi connectivity index (χ2n) is 2.00. The van der Waals surface area contributed by atoms with E-state index in [4.69, 9.17) is 6.42 Å². The van der Waals surface area contributed by atoms with Crippen LogP contribution in [0.5, 0.6) is 0 Å². The second-order valence-corrected chi connectivity index (χ2v) is 2.00. The van der Waals surface area contributed by atoms with E-state index in [0.717, 1.165) is 12.8 Å². The first-order chi connectivity index (χ1) is 5.41. The lowest BCUT2D eigenvalue weighted by Gasteiger charge is -1.68. The van der Waals surface area contributed by atoms with E-state index >= 15 is 0 Å². The molecular formula is C11H12. The average Bonchev–Trinajstić information content (AvgIpc) is 2.10. The van der Waals surface area contributed by atoms with Crippen LogP contribution in [0.25, 0.3) is 0 Å². The van der Waals surface area contributed by atoms with Gasteiger partial charge in [-0.1, -0.05) is 43.2 Å². The van der Waals surface area contributed by atoms with Crippen LogP contribution in [0.2, 0.25) is 0 Å². The van der Waals surface area contributed by atoms with Crippen molar-refractivity contribution in [2.24, 2.45) is 0 Å². The third-order valence-electron chi connectivity index (χ3n) is 0.982. The van der Waals surface area contributed by atoms with Gasteiger partial charge in [-0.15, -0.1) is 0 Å². The summed E-state index contributed by atoms with van der Waals surface area (Å²) in [4.78, 5) is 0. The molecule has 2 radical (unpaired) electrons. The topological polar surface area (TPSA) is 0 Å². The molecule has 11 heavy (non-hydrogen) atoms. The van der Waals surface area contributed by atoms with Gasteiger partial charge in [-0.05, 0) is 18.9 Å². The van der Waals surface area contributed by atoms with Gasteiger partial charge in [0.15, 0.2) is 0 Å². The molecule has 0 aliphatic rings. The van der Waals surface area contributed by atoms with Gasteiger partial charge in [-0.3, -0.25) is 0 Å². The van der Waals surface area contributed by atoms with Crippen molar-refractivity contribution in [3.63, 3.8) is 0 Å². The molecule has 0 atom stereocenters. The maximum atomic E-state index is 6.35. The summed E-state index contributed by atoms with van der Waals surface area (Å²) in [7, 11) is 0. The van der Waals surface area contributed by atoms with Gasteiger partial charge in [-0.25, -0.2) is 0 Å². The predicted octanol–water partition coefficient (Wildman–Crippen LogP) is 2.86. The van der Waals surface area contributed by atoms with Crippen LogP contribution in [-0.2, 0) is 0 Å². The van der Waals surface area contributed by atoms with E-state index < -0.39 is 0 Å². The third kappa shape index (κ3) is 8.78. The maximum absolute atomic E-state index is 6.35. The molecule has 0 aromatic heterocycles. The van der Waals surface area contributed by atoms with E-state index in [-0.39, 0.29) is 0 Å². The molecule has 0 N–H and O–H groups in total. The molecule has 0 heteroatoms. The Labute approximate surface area is 69.3 Å². The normalized spacial score (nSPS) is 7.27. The van der Waals surface area contributed by atoms with Gasteiger partial charge in [0.25, 0.3) is 0 Å². The van der Waals surface area contributed by atoms with Crippen LogP contribution >= 0.6 is 0 Å². The number of unbranched alkanes of at least 4 members (excludes halogenated alkanes) is 1. The summed E-state index contributed by atoms with van der Waals surface area (Å²) in [5.74, 6) is 2.27. The lowest BCUT2D eigenvalue weighted by molar-refractivity contribution is 0.983. The van der Waals surface area contributed by atoms with Crippen LogP contribution in [0.15, 0.2) is 30.3 Å². The molecule has 0 fully saturated rings. The Kier molecular flexibility index (Phi) is 7.81. The van der Waals surface area contributed by atoms with Crippen molar-refractivity contribution < 1.29 is 0 Å². The van der Waals surface area contributed by atoms with Crippen molar-refractivity contribution in [1.82, 2.24) is 0 Å². The second kappa shape index (κ2) is 8.78. The number of hydrogen-bond acceptors (Lipinski definition) is 0. The van der Waals surface area contributed by atoms with Gasteiger partial charge < -0.3 is 0 Å². The summed E-state index contributed by atoms with van der Waals surface area (Å²) in [6.07, 6.45) is 8.20. The first kappa shape index (κ1) is 9.78. The minimum atomic E-state index is 0.806. The standard InChI is InChI=1S/C6H5.C5H7/c1-2-4-6-5-3-1;1-3-5-4-2/h1-5H;3,5H2,1H3. The minimum Gasteiger partial charge on any atom is -0.0891 e. The van der Waals surface area contributed by atoms with Gasteiger partial charge in [0.1, 0.15) is 0 Å². The highest BCUT2D eigenvalue weighted by atomic mass is 13.7. The predicted molar refractivity (Wildman–Crippen MR) is 47.3 cm³/mol. The fourth-order valence-corrected chi connectivity index (χ4v) is 0.467. The molecule has 56 valence electrons. The molecular weight excluding hydrogens is 132 g/mol. The molecule has 0 bridgehead atoms. The smallest absolute Gasteiger partial charge is 0.00963 e. The molecule has 0 spiro atoms. The van der Waals surface area contributed by atoms with Crippen molar-refractivity contribution in [3.05, 3.63) is 42.8 Å². The van der Waals surface area contributed by atoms with Gasteiger partial charge in [0.2, 0.25) is 0 Å². The van der Waals surface area contributed by atoms with E-state index in [0.29, 0.717) is 0 Å². The number of benzene rings is 1. The first-order valence-electron chi connectivity index (χ1n) is 3.72. The monoisotopic (exact) mass is 144 g/mol. The summed E-state index contributed by atoms with van der Waals surface area (Å²) >= 11 is 0. The molecule has 1 aromatic rings. The highest BCUT2D eigenvalue weighted by Gasteiger charge is 1.62. The Hall–Kier alpha value is -1.22. The Balaban J connectivity index is 0.000000187. The van der Waals surface area contributed by atoms with Crippen molar-refractivity contribution in [3.8, 4) is 5.92 Å². The van der Waals surface area contributed by atoms with Crippen LogP contribution < -0.4 is 0 Å². The van der Waals surface area contributed by atoms with Crippen molar-refractivity contribution >= 4 is 0 Å². The molecule has 0 heterocycles. The Morgan fingerprint density at radius 1 is 1.27 bits per heavy atom. The van der Waals surface area contributed by atoms with Gasteiger partial charge in [0.05, 0.1) is 0 Å². The van der Waals surface area contributed by atoms with Gasteiger partial charge in [0, 0.05) is 6.42 Å². The molecule has 1 aromatic carbocycles. The van der Waals surface area contributed by atoms with E-state index in [1.54, 1.807) is 0 Å². The molecule has 0 aliphatic heterocycles. The molecule has 0 amide bonds. The zero-order valence-corrected chi connectivity index (χ0v) is 6.80. The molecule has 0 saturated carbocycles. The molecule has 1 rings (SSSR count). The Bertz CT molecular complexity index is 154. The molecule has 0 saturated heterocycles. The van der Waals surface area contributed by atoms with Gasteiger partial charge >= 0.3 is 0 Å². The Morgan fingerprint density at radius 2 is 1.91 bits per heavy atom. The van der Waals surface area contributed by atoms with Crippen LogP contribution in [0.3, 0.4) is 0 Å². The van der Waals surface area contributed by atoms with Gasteiger partial charge in [-0.2, -0.15) is 0 Å². The van der Waals surface area contributed by atoms with Crippen molar-refractivity contribution in [2.45, 2.75) is 19.8 Å². The van der Waals surface area contributed by atoms with Crippen molar-refractivity contribution in [1.29, 1.82) is 0 Å². The molecule has 0 nitrogen and oxygen atoms in total. The number of hydrogen-bond donors (Lipinski definition) is 0. The first-order valence-corrected chi connectivity index (χ1v) is 3.72. The minimum absolute atomic E-state index is 0.806. The summed E-state index contributed by atoms with van der Waals surface area (Å²) in [6, 6.07) is 12.5. The van der Waals surface area contributed by atoms with E-state index in [2.05, 4.69) is 12.0 Å². The molecule has 0 aliphatic carbocycles. The van der Waals surface area contributed by atoms with E-state index in [1.807, 2.05) is 37.3 Å². The van der Waals surface area contributed by atoms with Crippen molar-refractivity contribution in [2.75, 3.05) is 0 Å². The lowest BCUT2D eigenvalue weighted by Crippen LogP contribution is -1.53. The maximum Gasteiger partial charge on any atom is 0.00963 e. The fourth-order valence-electron chi connectivity index (χ4n) is 0.467. The zero-order valence-electron chi connectivity index (χ0n) is 6.80. The highest BCUT2D eigenvalue weighted by Crippen LogP contribution is 1.78. The van der Waals surface area contributed by atoms with Crippen LogP contribution in [0, 0.1) is 18.4 Å². The van der Waals surface area contributed by atoms with Crippen LogP contribution in [0.4, 0.5) is 0 Å². The van der Waals surface area contributed by atoms with Crippen LogP contribution in [-0.4, -0.2) is 0 Å². The van der Waals surface area contributed by atoms with E-state index in [1.165, 1.54) is 0 Å². The quantitative estimate of drug-likeness (QED) is 0.532. The summed E-state index contributed by atoms with van der Waals surface area (Å²) < 4.78 is 0. The van der Waals surface area contributed by atoms with Crippen LogP contribution in [0.1, 0.15) is 19.8 Å². The summed E-state index contributed by atoms with van der Waals surface area (Å²) in [6.45, 7) is 2.03. The third-order valence-corrected chi connectivity index (χ3v) is 0.982. The fraction of sp³-hybridized carbons (Fsp3) is 0.273. The average molecular weight is 144 g/mol. The Morgan fingerprint density at radius 3 is 2.00 bits per heavy atom.